The highest BCUT2D eigenvalue weighted by molar-refractivity contribution is 9.09. The Morgan fingerprint density at radius 3 is 2.85 bits per heavy atom. The topological polar surface area (TPSA) is 29.1 Å². The summed E-state index contributed by atoms with van der Waals surface area (Å²) in [5, 5.41) is 7.09. The van der Waals surface area contributed by atoms with E-state index in [2.05, 4.69) is 41.2 Å². The van der Waals surface area contributed by atoms with E-state index in [0.717, 1.165) is 33.8 Å². The Hall–Kier alpha value is -0.870. The molecule has 0 aliphatic carbocycles. The Morgan fingerprint density at radius 2 is 2.10 bits per heavy atom. The predicted molar refractivity (Wildman–Crippen MR) is 91.0 cm³/mol. The van der Waals surface area contributed by atoms with Crippen molar-refractivity contribution in [2.45, 2.75) is 26.7 Å². The predicted octanol–water partition coefficient (Wildman–Crippen LogP) is 4.83. The van der Waals surface area contributed by atoms with Crippen molar-refractivity contribution in [2.24, 2.45) is 5.41 Å². The number of alkyl halides is 1. The van der Waals surface area contributed by atoms with Gasteiger partial charge in [0, 0.05) is 27.3 Å². The number of carbonyl (C=O) groups is 1. The molecule has 1 aromatic carbocycles. The number of halogens is 1. The Morgan fingerprint density at radius 1 is 1.35 bits per heavy atom. The Balaban J connectivity index is 2.02. The van der Waals surface area contributed by atoms with Gasteiger partial charge in [0.1, 0.15) is 0 Å². The van der Waals surface area contributed by atoms with Gasteiger partial charge in [0.25, 0.3) is 5.91 Å². The second-order valence-corrected chi connectivity index (χ2v) is 7.49. The minimum absolute atomic E-state index is 0.0365. The van der Waals surface area contributed by atoms with Crippen LogP contribution in [0.25, 0.3) is 10.1 Å². The summed E-state index contributed by atoms with van der Waals surface area (Å²) in [6.45, 7) is 5.10. The SMILES string of the molecule is CC(C)(CCCBr)CNC(=O)c1csc2ccccc12. The van der Waals surface area contributed by atoms with Gasteiger partial charge in [-0.25, -0.2) is 0 Å². The maximum atomic E-state index is 12.3. The van der Waals surface area contributed by atoms with Gasteiger partial charge in [-0.1, -0.05) is 48.0 Å². The van der Waals surface area contributed by atoms with Crippen molar-refractivity contribution in [1.82, 2.24) is 5.32 Å². The Bertz CT molecular complexity index is 591. The molecule has 20 heavy (non-hydrogen) atoms. The lowest BCUT2D eigenvalue weighted by molar-refractivity contribution is 0.0936. The summed E-state index contributed by atoms with van der Waals surface area (Å²) in [7, 11) is 0. The van der Waals surface area contributed by atoms with Crippen molar-refractivity contribution < 1.29 is 4.79 Å². The lowest BCUT2D eigenvalue weighted by Gasteiger charge is -2.24. The van der Waals surface area contributed by atoms with Crippen molar-refractivity contribution in [3.05, 3.63) is 35.2 Å². The fraction of sp³-hybridized carbons (Fsp3) is 0.438. The molecule has 0 saturated heterocycles. The number of hydrogen-bond acceptors (Lipinski definition) is 2. The quantitative estimate of drug-likeness (QED) is 0.740. The van der Waals surface area contributed by atoms with Crippen LogP contribution in [0, 0.1) is 5.41 Å². The molecule has 0 radical (unpaired) electrons. The zero-order chi connectivity index (χ0) is 14.6. The summed E-state index contributed by atoms with van der Waals surface area (Å²) >= 11 is 5.08. The van der Waals surface area contributed by atoms with E-state index in [-0.39, 0.29) is 11.3 Å². The molecule has 2 aromatic rings. The molecule has 0 saturated carbocycles. The monoisotopic (exact) mass is 353 g/mol. The van der Waals surface area contributed by atoms with Gasteiger partial charge in [-0.3, -0.25) is 4.79 Å². The van der Waals surface area contributed by atoms with Crippen LogP contribution in [0.3, 0.4) is 0 Å². The lowest BCUT2D eigenvalue weighted by atomic mass is 9.88. The van der Waals surface area contributed by atoms with Gasteiger partial charge in [-0.2, -0.15) is 0 Å². The first kappa shape index (κ1) is 15.5. The molecule has 0 atom stereocenters. The molecule has 108 valence electrons. The van der Waals surface area contributed by atoms with Gasteiger partial charge in [-0.05, 0) is 24.3 Å². The smallest absolute Gasteiger partial charge is 0.252 e. The zero-order valence-electron chi connectivity index (χ0n) is 11.9. The Kier molecular flexibility index (Phi) is 5.22. The van der Waals surface area contributed by atoms with Crippen LogP contribution in [0.4, 0.5) is 0 Å². The van der Waals surface area contributed by atoms with Crippen LogP contribution in [0.15, 0.2) is 29.6 Å². The van der Waals surface area contributed by atoms with Gasteiger partial charge in [0.05, 0.1) is 5.56 Å². The first-order valence-electron chi connectivity index (χ1n) is 6.84. The molecule has 0 bridgehead atoms. The van der Waals surface area contributed by atoms with Crippen molar-refractivity contribution in [2.75, 3.05) is 11.9 Å². The largest absolute Gasteiger partial charge is 0.351 e. The molecule has 2 nitrogen and oxygen atoms in total. The van der Waals surface area contributed by atoms with E-state index >= 15 is 0 Å². The van der Waals surface area contributed by atoms with Gasteiger partial charge in [0.15, 0.2) is 0 Å². The first-order chi connectivity index (χ1) is 9.53. The van der Waals surface area contributed by atoms with Crippen LogP contribution in [-0.2, 0) is 0 Å². The number of rotatable bonds is 6. The standard InChI is InChI=1S/C16H20BrNOS/c1-16(2,8-5-9-17)11-18-15(19)13-10-20-14-7-4-3-6-12(13)14/h3-4,6-7,10H,5,8-9,11H2,1-2H3,(H,18,19). The highest BCUT2D eigenvalue weighted by atomic mass is 79.9. The molecule has 0 aliphatic heterocycles. The third-order valence-electron chi connectivity index (χ3n) is 3.44. The van der Waals surface area contributed by atoms with Crippen LogP contribution >= 0.6 is 27.3 Å². The molecule has 0 fully saturated rings. The molecular weight excluding hydrogens is 334 g/mol. The highest BCUT2D eigenvalue weighted by Crippen LogP contribution is 2.26. The number of carbonyl (C=O) groups excluding carboxylic acids is 1. The summed E-state index contributed by atoms with van der Waals surface area (Å²) in [6.07, 6.45) is 2.23. The number of amides is 1. The van der Waals surface area contributed by atoms with E-state index in [1.54, 1.807) is 11.3 Å². The molecule has 0 aliphatic rings. The maximum Gasteiger partial charge on any atom is 0.252 e. The maximum absolute atomic E-state index is 12.3. The van der Waals surface area contributed by atoms with E-state index < -0.39 is 0 Å². The minimum atomic E-state index is 0.0365. The minimum Gasteiger partial charge on any atom is -0.351 e. The van der Waals surface area contributed by atoms with Crippen molar-refractivity contribution in [3.8, 4) is 0 Å². The molecule has 1 aromatic heterocycles. The van der Waals surface area contributed by atoms with E-state index in [0.29, 0.717) is 6.54 Å². The number of hydrogen-bond donors (Lipinski definition) is 1. The summed E-state index contributed by atoms with van der Waals surface area (Å²) in [4.78, 5) is 12.3. The molecule has 4 heteroatoms. The average Bonchev–Trinajstić information content (AvgIpc) is 2.87. The van der Waals surface area contributed by atoms with E-state index in [1.807, 2.05) is 23.6 Å². The van der Waals surface area contributed by atoms with Gasteiger partial charge in [0.2, 0.25) is 0 Å². The van der Waals surface area contributed by atoms with E-state index in [4.69, 9.17) is 0 Å². The molecule has 2 rings (SSSR count). The number of benzene rings is 1. The normalized spacial score (nSPS) is 11.8. The van der Waals surface area contributed by atoms with Gasteiger partial charge >= 0.3 is 0 Å². The molecule has 1 N–H and O–H groups in total. The summed E-state index contributed by atoms with van der Waals surface area (Å²) in [6, 6.07) is 8.04. The second kappa shape index (κ2) is 6.72. The number of nitrogens with one attached hydrogen (secondary N) is 1. The fourth-order valence-corrected chi connectivity index (χ4v) is 3.42. The molecule has 0 spiro atoms. The molecule has 1 heterocycles. The molecule has 0 unspecified atom stereocenters. The average molecular weight is 354 g/mol. The van der Waals surface area contributed by atoms with Gasteiger partial charge < -0.3 is 5.32 Å². The van der Waals surface area contributed by atoms with E-state index in [1.165, 1.54) is 0 Å². The fourth-order valence-electron chi connectivity index (χ4n) is 2.20. The number of thiophene rings is 1. The first-order valence-corrected chi connectivity index (χ1v) is 8.84. The highest BCUT2D eigenvalue weighted by Gasteiger charge is 2.19. The molecular formula is C16H20BrNOS. The van der Waals surface area contributed by atoms with Crippen LogP contribution in [0.2, 0.25) is 0 Å². The molecule has 1 amide bonds. The van der Waals surface area contributed by atoms with Crippen molar-refractivity contribution in [3.63, 3.8) is 0 Å². The third-order valence-corrected chi connectivity index (χ3v) is 4.96. The second-order valence-electron chi connectivity index (χ2n) is 5.78. The van der Waals surface area contributed by atoms with Gasteiger partial charge in [-0.15, -0.1) is 11.3 Å². The summed E-state index contributed by atoms with van der Waals surface area (Å²) in [5.74, 6) is 0.0365. The third kappa shape index (κ3) is 3.83. The Labute approximate surface area is 132 Å². The zero-order valence-corrected chi connectivity index (χ0v) is 14.3. The van der Waals surface area contributed by atoms with Crippen LogP contribution < -0.4 is 5.32 Å². The van der Waals surface area contributed by atoms with Crippen molar-refractivity contribution in [1.29, 1.82) is 0 Å². The van der Waals surface area contributed by atoms with E-state index in [9.17, 15) is 4.79 Å². The van der Waals surface area contributed by atoms with Crippen LogP contribution in [0.5, 0.6) is 0 Å². The lowest BCUT2D eigenvalue weighted by Crippen LogP contribution is -2.33. The van der Waals surface area contributed by atoms with Crippen molar-refractivity contribution >= 4 is 43.3 Å². The van der Waals surface area contributed by atoms with Crippen LogP contribution in [-0.4, -0.2) is 17.8 Å². The summed E-state index contributed by atoms with van der Waals surface area (Å²) < 4.78 is 1.16. The number of fused-ring (bicyclic) bond motifs is 1. The van der Waals surface area contributed by atoms with Crippen LogP contribution in [0.1, 0.15) is 37.0 Å². The summed E-state index contributed by atoms with van der Waals surface area (Å²) in [5.41, 5.74) is 0.928.